The lowest BCUT2D eigenvalue weighted by Gasteiger charge is -2.09. The summed E-state index contributed by atoms with van der Waals surface area (Å²) in [7, 11) is 0. The van der Waals surface area contributed by atoms with Crippen LogP contribution in [-0.4, -0.2) is 29.7 Å². The molecule has 2 rings (SSSR count). The second-order valence-electron chi connectivity index (χ2n) is 5.22. The molecule has 1 heterocycles. The van der Waals surface area contributed by atoms with E-state index >= 15 is 0 Å². The van der Waals surface area contributed by atoms with Crippen LogP contribution in [0.4, 0.5) is 11.4 Å². The topological polar surface area (TPSA) is 77.3 Å². The molecule has 0 unspecified atom stereocenters. The van der Waals surface area contributed by atoms with Crippen LogP contribution < -0.4 is 5.32 Å². The Labute approximate surface area is 127 Å². The summed E-state index contributed by atoms with van der Waals surface area (Å²) in [5.41, 5.74) is 1.36. The maximum absolute atomic E-state index is 11.2. The minimum Gasteiger partial charge on any atom is -0.379 e. The molecular formula is C14H19N3O3S. The molecule has 6 nitrogen and oxygen atoms in total. The fourth-order valence-electron chi connectivity index (χ4n) is 1.95. The van der Waals surface area contributed by atoms with Gasteiger partial charge in [-0.25, -0.2) is 4.98 Å². The highest BCUT2D eigenvalue weighted by Crippen LogP contribution is 2.32. The lowest BCUT2D eigenvalue weighted by atomic mass is 10.2. The predicted octanol–water partition coefficient (Wildman–Crippen LogP) is 3.60. The van der Waals surface area contributed by atoms with Gasteiger partial charge in [-0.2, -0.15) is 0 Å². The molecule has 0 spiro atoms. The normalized spacial score (nSPS) is 11.2. The van der Waals surface area contributed by atoms with Gasteiger partial charge in [0.15, 0.2) is 0 Å². The van der Waals surface area contributed by atoms with Crippen molar-refractivity contribution < 1.29 is 9.66 Å². The van der Waals surface area contributed by atoms with Gasteiger partial charge in [0.1, 0.15) is 5.69 Å². The van der Waals surface area contributed by atoms with Crippen molar-refractivity contribution in [1.29, 1.82) is 0 Å². The fourth-order valence-corrected chi connectivity index (χ4v) is 2.79. The van der Waals surface area contributed by atoms with E-state index in [1.165, 1.54) is 11.3 Å². The number of nitro groups is 1. The number of nitro benzene ring substituents is 1. The first-order valence-corrected chi connectivity index (χ1v) is 7.66. The quantitative estimate of drug-likeness (QED) is 0.480. The molecule has 0 bridgehead atoms. The Hall–Kier alpha value is -1.73. The third-order valence-electron chi connectivity index (χ3n) is 2.82. The first-order chi connectivity index (χ1) is 9.97. The lowest BCUT2D eigenvalue weighted by molar-refractivity contribution is -0.383. The number of aryl methyl sites for hydroxylation is 1. The summed E-state index contributed by atoms with van der Waals surface area (Å²) in [4.78, 5) is 15.2. The number of aromatic nitrogens is 1. The number of benzene rings is 1. The van der Waals surface area contributed by atoms with Crippen LogP contribution in [0.25, 0.3) is 10.2 Å². The zero-order valence-electron chi connectivity index (χ0n) is 12.4. The number of thiazole rings is 1. The van der Waals surface area contributed by atoms with E-state index < -0.39 is 0 Å². The van der Waals surface area contributed by atoms with Gasteiger partial charge in [-0.1, -0.05) is 13.8 Å². The first-order valence-electron chi connectivity index (χ1n) is 6.84. The van der Waals surface area contributed by atoms with E-state index in [4.69, 9.17) is 4.74 Å². The third kappa shape index (κ3) is 4.12. The molecule has 0 aliphatic carbocycles. The minimum absolute atomic E-state index is 0.0787. The van der Waals surface area contributed by atoms with Gasteiger partial charge in [-0.05, 0) is 18.9 Å². The summed E-state index contributed by atoms with van der Waals surface area (Å²) < 4.78 is 6.30. The predicted molar refractivity (Wildman–Crippen MR) is 85.2 cm³/mol. The number of rotatable bonds is 7. The average Bonchev–Trinajstić information content (AvgIpc) is 2.75. The third-order valence-corrected chi connectivity index (χ3v) is 3.76. The van der Waals surface area contributed by atoms with Crippen molar-refractivity contribution >= 4 is 32.9 Å². The molecule has 0 fully saturated rings. The van der Waals surface area contributed by atoms with E-state index in [2.05, 4.69) is 24.1 Å². The van der Waals surface area contributed by atoms with Crippen molar-refractivity contribution in [2.45, 2.75) is 20.8 Å². The van der Waals surface area contributed by atoms with Crippen molar-refractivity contribution in [2.24, 2.45) is 5.92 Å². The number of anilines is 1. The number of fused-ring (bicyclic) bond motifs is 1. The van der Waals surface area contributed by atoms with Crippen molar-refractivity contribution in [1.82, 2.24) is 4.98 Å². The minimum atomic E-state index is -0.369. The number of hydrogen-bond acceptors (Lipinski definition) is 6. The van der Waals surface area contributed by atoms with Gasteiger partial charge in [0, 0.05) is 19.2 Å². The van der Waals surface area contributed by atoms with E-state index in [9.17, 15) is 10.1 Å². The molecule has 1 N–H and O–H groups in total. The number of nitrogens with one attached hydrogen (secondary N) is 1. The van der Waals surface area contributed by atoms with Gasteiger partial charge in [0.25, 0.3) is 5.69 Å². The number of nitrogens with zero attached hydrogens (tertiary/aromatic N) is 2. The van der Waals surface area contributed by atoms with Crippen molar-refractivity contribution in [2.75, 3.05) is 25.1 Å². The highest BCUT2D eigenvalue weighted by Gasteiger charge is 2.16. The second-order valence-corrected chi connectivity index (χ2v) is 6.46. The van der Waals surface area contributed by atoms with E-state index in [1.54, 1.807) is 12.1 Å². The maximum Gasteiger partial charge on any atom is 0.293 e. The molecule has 114 valence electrons. The van der Waals surface area contributed by atoms with E-state index in [0.717, 1.165) is 15.2 Å². The van der Waals surface area contributed by atoms with Crippen molar-refractivity contribution in [3.8, 4) is 0 Å². The molecule has 0 saturated carbocycles. The van der Waals surface area contributed by atoms with Crippen LogP contribution in [0.3, 0.4) is 0 Å². The summed E-state index contributed by atoms with van der Waals surface area (Å²) in [6, 6.07) is 3.32. The number of hydrogen-bond donors (Lipinski definition) is 1. The van der Waals surface area contributed by atoms with Gasteiger partial charge in [-0.3, -0.25) is 10.1 Å². The Morgan fingerprint density at radius 1 is 1.48 bits per heavy atom. The molecule has 0 saturated heterocycles. The zero-order valence-corrected chi connectivity index (χ0v) is 13.2. The standard InChI is InChI=1S/C14H19N3O3S/c1-9(2)8-20-5-4-15-11-6-12-14(21-10(3)16-12)7-13(11)17(18)19/h6-7,9,15H,4-5,8H2,1-3H3. The van der Waals surface area contributed by atoms with Gasteiger partial charge >= 0.3 is 0 Å². The molecule has 0 atom stereocenters. The van der Waals surface area contributed by atoms with Gasteiger partial charge in [0.2, 0.25) is 0 Å². The molecular weight excluding hydrogens is 290 g/mol. The van der Waals surface area contributed by atoms with Crippen LogP contribution in [0.2, 0.25) is 0 Å². The highest BCUT2D eigenvalue weighted by molar-refractivity contribution is 7.18. The fraction of sp³-hybridized carbons (Fsp3) is 0.500. The van der Waals surface area contributed by atoms with Crippen LogP contribution in [0.1, 0.15) is 18.9 Å². The van der Waals surface area contributed by atoms with E-state index in [0.29, 0.717) is 31.4 Å². The van der Waals surface area contributed by atoms with E-state index in [-0.39, 0.29) is 10.6 Å². The Balaban J connectivity index is 2.09. The molecule has 7 heteroatoms. The van der Waals surface area contributed by atoms with Gasteiger partial charge in [0.05, 0.1) is 26.8 Å². The Kier molecular flexibility index (Phi) is 5.08. The molecule has 0 amide bonds. The largest absolute Gasteiger partial charge is 0.379 e. The van der Waals surface area contributed by atoms with Crippen molar-refractivity contribution in [3.05, 3.63) is 27.3 Å². The Bertz CT molecular complexity index is 640. The Morgan fingerprint density at radius 3 is 2.90 bits per heavy atom. The summed E-state index contributed by atoms with van der Waals surface area (Å²) in [6.07, 6.45) is 0. The van der Waals surface area contributed by atoms with Gasteiger partial charge < -0.3 is 10.1 Å². The lowest BCUT2D eigenvalue weighted by Crippen LogP contribution is -2.12. The zero-order chi connectivity index (χ0) is 15.4. The molecule has 0 aliphatic heterocycles. The first kappa shape index (κ1) is 15.7. The summed E-state index contributed by atoms with van der Waals surface area (Å²) in [5.74, 6) is 0.480. The molecule has 0 radical (unpaired) electrons. The number of ether oxygens (including phenoxy) is 1. The SMILES string of the molecule is Cc1nc2cc(NCCOCC(C)C)c([N+](=O)[O-])cc2s1. The van der Waals surface area contributed by atoms with Crippen molar-refractivity contribution in [3.63, 3.8) is 0 Å². The smallest absolute Gasteiger partial charge is 0.293 e. The molecule has 1 aromatic carbocycles. The van der Waals surface area contributed by atoms with Crippen LogP contribution in [0.5, 0.6) is 0 Å². The van der Waals surface area contributed by atoms with Gasteiger partial charge in [-0.15, -0.1) is 11.3 Å². The Morgan fingerprint density at radius 2 is 2.24 bits per heavy atom. The van der Waals surface area contributed by atoms with Crippen LogP contribution in [0, 0.1) is 23.0 Å². The van der Waals surface area contributed by atoms with Crippen LogP contribution >= 0.6 is 11.3 Å². The maximum atomic E-state index is 11.2. The molecule has 0 aliphatic rings. The average molecular weight is 309 g/mol. The second kappa shape index (κ2) is 6.82. The highest BCUT2D eigenvalue weighted by atomic mass is 32.1. The van der Waals surface area contributed by atoms with Crippen LogP contribution in [0.15, 0.2) is 12.1 Å². The molecule has 1 aromatic heterocycles. The van der Waals surface area contributed by atoms with Crippen LogP contribution in [-0.2, 0) is 4.74 Å². The molecule has 2 aromatic rings. The monoisotopic (exact) mass is 309 g/mol. The summed E-state index contributed by atoms with van der Waals surface area (Å²) in [6.45, 7) is 7.79. The summed E-state index contributed by atoms with van der Waals surface area (Å²) in [5, 5.41) is 15.1. The van der Waals surface area contributed by atoms with E-state index in [1.807, 2.05) is 6.92 Å². The summed E-state index contributed by atoms with van der Waals surface area (Å²) >= 11 is 1.46. The molecule has 21 heavy (non-hydrogen) atoms.